The molecule has 0 aliphatic heterocycles. The number of nitrogen functional groups attached to an aromatic ring is 2. The van der Waals surface area contributed by atoms with Gasteiger partial charge in [0.1, 0.15) is 23.0 Å². The molecule has 0 heterocycles. The molecule has 2 aliphatic rings. The summed E-state index contributed by atoms with van der Waals surface area (Å²) in [5.74, 6) is 4.93. The predicted molar refractivity (Wildman–Crippen MR) is 183 cm³/mol. The largest absolute Gasteiger partial charge is 0.457 e. The second kappa shape index (κ2) is 13.4. The molecule has 0 aromatic heterocycles. The zero-order valence-electron chi connectivity index (χ0n) is 26.7. The average molecular weight is 589 g/mol. The number of hydrogen-bond acceptors (Lipinski definition) is 4. The van der Waals surface area contributed by atoms with E-state index in [9.17, 15) is 0 Å². The first-order valence-electron chi connectivity index (χ1n) is 16.7. The summed E-state index contributed by atoms with van der Waals surface area (Å²) in [7, 11) is 0. The van der Waals surface area contributed by atoms with Crippen LogP contribution in [0.1, 0.15) is 122 Å². The van der Waals surface area contributed by atoms with Gasteiger partial charge in [0.25, 0.3) is 0 Å². The van der Waals surface area contributed by atoms with Gasteiger partial charge in [0.2, 0.25) is 0 Å². The van der Waals surface area contributed by atoms with Crippen molar-refractivity contribution in [1.82, 2.24) is 0 Å². The van der Waals surface area contributed by atoms with E-state index in [4.69, 9.17) is 20.9 Å². The molecule has 4 N–H and O–H groups in total. The smallest absolute Gasteiger partial charge is 0.131 e. The molecule has 2 fully saturated rings. The number of anilines is 2. The number of aryl methyl sites for hydroxylation is 2. The van der Waals surface area contributed by atoms with Crippen molar-refractivity contribution in [3.05, 3.63) is 106 Å². The number of ether oxygens (including phenoxy) is 2. The minimum Gasteiger partial charge on any atom is -0.457 e. The van der Waals surface area contributed by atoms with Crippen LogP contribution < -0.4 is 20.9 Å². The summed E-state index contributed by atoms with van der Waals surface area (Å²) < 4.78 is 13.1. The fraction of sp³-hybridized carbons (Fsp3) is 0.400. The summed E-state index contributed by atoms with van der Waals surface area (Å²) in [5, 5.41) is 0. The molecule has 0 amide bonds. The maximum absolute atomic E-state index is 6.56. The van der Waals surface area contributed by atoms with Gasteiger partial charge >= 0.3 is 0 Å². The SMILES string of the molecule is Cc1cc(Oc2ccc(N)cc2)c(C2CCCCC2)cc1C(C)c1cc(C2CCCCC2)c(Oc2ccc(N)cc2)cc1C. The van der Waals surface area contributed by atoms with Crippen LogP contribution in [0.3, 0.4) is 0 Å². The van der Waals surface area contributed by atoms with Crippen molar-refractivity contribution in [2.75, 3.05) is 11.5 Å². The highest BCUT2D eigenvalue weighted by Gasteiger charge is 2.26. The van der Waals surface area contributed by atoms with Crippen molar-refractivity contribution in [2.24, 2.45) is 0 Å². The Labute approximate surface area is 263 Å². The minimum atomic E-state index is 0.246. The molecular weight excluding hydrogens is 540 g/mol. The number of benzene rings is 4. The molecule has 0 radical (unpaired) electrons. The minimum absolute atomic E-state index is 0.246. The lowest BCUT2D eigenvalue weighted by molar-refractivity contribution is 0.418. The van der Waals surface area contributed by atoms with Gasteiger partial charge in [0, 0.05) is 17.3 Å². The molecule has 2 aliphatic carbocycles. The quantitative estimate of drug-likeness (QED) is 0.201. The summed E-state index contributed by atoms with van der Waals surface area (Å²) in [6, 6.07) is 25.0. The van der Waals surface area contributed by atoms with Gasteiger partial charge in [-0.2, -0.15) is 0 Å². The fourth-order valence-corrected chi connectivity index (χ4v) is 7.50. The highest BCUT2D eigenvalue weighted by Crippen LogP contribution is 2.45. The zero-order chi connectivity index (χ0) is 30.6. The van der Waals surface area contributed by atoms with Gasteiger partial charge in [-0.05, 0) is 145 Å². The van der Waals surface area contributed by atoms with Gasteiger partial charge in [0.15, 0.2) is 0 Å². The van der Waals surface area contributed by atoms with Crippen LogP contribution in [0.5, 0.6) is 23.0 Å². The molecule has 0 unspecified atom stereocenters. The molecule has 230 valence electrons. The third-order valence-corrected chi connectivity index (χ3v) is 10.0. The van der Waals surface area contributed by atoms with Gasteiger partial charge in [-0.15, -0.1) is 0 Å². The van der Waals surface area contributed by atoms with E-state index in [1.807, 2.05) is 48.5 Å². The van der Waals surface area contributed by atoms with E-state index in [0.29, 0.717) is 11.8 Å². The molecule has 6 rings (SSSR count). The van der Waals surface area contributed by atoms with Crippen LogP contribution in [-0.4, -0.2) is 0 Å². The van der Waals surface area contributed by atoms with E-state index in [2.05, 4.69) is 45.0 Å². The summed E-state index contributed by atoms with van der Waals surface area (Å²) in [6.45, 7) is 6.85. The van der Waals surface area contributed by atoms with Crippen LogP contribution in [-0.2, 0) is 0 Å². The Morgan fingerprint density at radius 1 is 0.545 bits per heavy atom. The second-order valence-corrected chi connectivity index (χ2v) is 13.2. The molecule has 0 atom stereocenters. The molecule has 0 saturated heterocycles. The van der Waals surface area contributed by atoms with E-state index >= 15 is 0 Å². The molecule has 0 bridgehead atoms. The Balaban J connectivity index is 1.39. The van der Waals surface area contributed by atoms with Crippen molar-refractivity contribution in [3.63, 3.8) is 0 Å². The van der Waals surface area contributed by atoms with Crippen molar-refractivity contribution >= 4 is 11.4 Å². The molecule has 4 aromatic carbocycles. The third-order valence-electron chi connectivity index (χ3n) is 10.0. The molecule has 0 spiro atoms. The summed E-state index contributed by atoms with van der Waals surface area (Å²) >= 11 is 0. The Morgan fingerprint density at radius 3 is 1.27 bits per heavy atom. The number of rotatable bonds is 8. The third kappa shape index (κ3) is 6.75. The van der Waals surface area contributed by atoms with Crippen molar-refractivity contribution < 1.29 is 9.47 Å². The average Bonchev–Trinajstić information content (AvgIpc) is 3.04. The van der Waals surface area contributed by atoms with Crippen LogP contribution >= 0.6 is 0 Å². The van der Waals surface area contributed by atoms with E-state index in [-0.39, 0.29) is 5.92 Å². The molecule has 4 nitrogen and oxygen atoms in total. The van der Waals surface area contributed by atoms with Gasteiger partial charge in [-0.1, -0.05) is 57.6 Å². The Bertz CT molecular complexity index is 1440. The van der Waals surface area contributed by atoms with Crippen LogP contribution in [0.15, 0.2) is 72.8 Å². The fourth-order valence-electron chi connectivity index (χ4n) is 7.50. The van der Waals surface area contributed by atoms with Gasteiger partial charge in [-0.25, -0.2) is 0 Å². The molecule has 2 saturated carbocycles. The Hall–Kier alpha value is -3.92. The van der Waals surface area contributed by atoms with E-state index in [1.165, 1.54) is 97.6 Å². The lowest BCUT2D eigenvalue weighted by Crippen LogP contribution is -2.11. The van der Waals surface area contributed by atoms with E-state index < -0.39 is 0 Å². The maximum atomic E-state index is 6.56. The lowest BCUT2D eigenvalue weighted by Gasteiger charge is -2.29. The van der Waals surface area contributed by atoms with Gasteiger partial charge < -0.3 is 20.9 Å². The van der Waals surface area contributed by atoms with Crippen molar-refractivity contribution in [2.45, 2.75) is 103 Å². The monoisotopic (exact) mass is 588 g/mol. The first-order valence-corrected chi connectivity index (χ1v) is 16.7. The Kier molecular flexibility index (Phi) is 9.16. The van der Waals surface area contributed by atoms with Gasteiger partial charge in [0.05, 0.1) is 0 Å². The standard InChI is InChI=1S/C40H48N2O2/c1-26-22-39(43-33-18-14-31(41)15-19-33)37(29-10-6-4-7-11-29)24-35(26)28(3)36-25-38(30-12-8-5-9-13-30)40(23-27(36)2)44-34-20-16-32(42)17-21-34/h14-25,28-30H,4-13,41-42H2,1-3H3. The maximum Gasteiger partial charge on any atom is 0.131 e. The Morgan fingerprint density at radius 2 is 0.909 bits per heavy atom. The molecule has 44 heavy (non-hydrogen) atoms. The van der Waals surface area contributed by atoms with E-state index in [0.717, 1.165) is 34.4 Å². The molecule has 4 heteroatoms. The van der Waals surface area contributed by atoms with E-state index in [1.54, 1.807) is 0 Å². The van der Waals surface area contributed by atoms with Crippen molar-refractivity contribution in [3.8, 4) is 23.0 Å². The van der Waals surface area contributed by atoms with Gasteiger partial charge in [-0.3, -0.25) is 0 Å². The summed E-state index contributed by atoms with van der Waals surface area (Å²) in [4.78, 5) is 0. The predicted octanol–water partition coefficient (Wildman–Crippen LogP) is 11.3. The molecule has 4 aromatic rings. The topological polar surface area (TPSA) is 70.5 Å². The highest BCUT2D eigenvalue weighted by molar-refractivity contribution is 5.54. The van der Waals surface area contributed by atoms with Crippen LogP contribution in [0, 0.1) is 13.8 Å². The second-order valence-electron chi connectivity index (χ2n) is 13.2. The van der Waals surface area contributed by atoms with Crippen LogP contribution in [0.4, 0.5) is 11.4 Å². The highest BCUT2D eigenvalue weighted by atomic mass is 16.5. The van der Waals surface area contributed by atoms with Crippen molar-refractivity contribution in [1.29, 1.82) is 0 Å². The first kappa shape index (κ1) is 30.1. The normalized spacial score (nSPS) is 16.3. The summed E-state index contributed by atoms with van der Waals surface area (Å²) in [5.41, 5.74) is 21.4. The van der Waals surface area contributed by atoms with Crippen LogP contribution in [0.25, 0.3) is 0 Å². The number of hydrogen-bond donors (Lipinski definition) is 2. The summed E-state index contributed by atoms with van der Waals surface area (Å²) in [6.07, 6.45) is 12.7. The lowest BCUT2D eigenvalue weighted by atomic mass is 9.78. The molecular formula is C40H48N2O2. The van der Waals surface area contributed by atoms with Crippen LogP contribution in [0.2, 0.25) is 0 Å². The first-order chi connectivity index (χ1) is 21.4. The number of nitrogens with two attached hydrogens (primary N) is 2. The zero-order valence-corrected chi connectivity index (χ0v) is 26.7.